The molecule has 0 saturated carbocycles. The number of nitrogens with one attached hydrogen (secondary N) is 1. The van der Waals surface area contributed by atoms with Gasteiger partial charge in [-0.3, -0.25) is 10.1 Å². The van der Waals surface area contributed by atoms with E-state index in [4.69, 9.17) is 4.74 Å². The van der Waals surface area contributed by atoms with E-state index in [-0.39, 0.29) is 22.3 Å². The Bertz CT molecular complexity index is 1240. The smallest absolute Gasteiger partial charge is 0.257 e. The second-order valence-corrected chi connectivity index (χ2v) is 10.7. The molecule has 0 unspecified atom stereocenters. The number of ether oxygens (including phenoxy) is 1. The van der Waals surface area contributed by atoms with Crippen LogP contribution in [0.5, 0.6) is 5.75 Å². The van der Waals surface area contributed by atoms with Gasteiger partial charge < -0.3 is 4.74 Å². The van der Waals surface area contributed by atoms with Crippen LogP contribution in [-0.2, 0) is 10.0 Å². The van der Waals surface area contributed by atoms with E-state index in [1.165, 1.54) is 34.9 Å². The Hall–Kier alpha value is -2.49. The number of fused-ring (bicyclic) bond motifs is 1. The molecular weight excluding hydrogens is 434 g/mol. The highest BCUT2D eigenvalue weighted by atomic mass is 32.2. The minimum atomic E-state index is -3.79. The van der Waals surface area contributed by atoms with Crippen molar-refractivity contribution in [1.82, 2.24) is 9.29 Å². The van der Waals surface area contributed by atoms with Crippen LogP contribution in [0.25, 0.3) is 10.2 Å². The van der Waals surface area contributed by atoms with Gasteiger partial charge in [-0.1, -0.05) is 23.8 Å². The third-order valence-electron chi connectivity index (χ3n) is 5.52. The van der Waals surface area contributed by atoms with Crippen LogP contribution in [0.4, 0.5) is 5.13 Å². The number of amides is 1. The van der Waals surface area contributed by atoms with Crippen LogP contribution in [0.2, 0.25) is 0 Å². The number of methoxy groups -OCH3 is 1. The molecule has 1 aliphatic rings. The average molecular weight is 460 g/mol. The number of hydrogen-bond donors (Lipinski definition) is 1. The molecule has 0 spiro atoms. The summed E-state index contributed by atoms with van der Waals surface area (Å²) in [5.74, 6) is -0.189. The Morgan fingerprint density at radius 2 is 2.03 bits per heavy atom. The van der Waals surface area contributed by atoms with Crippen LogP contribution in [0, 0.1) is 6.92 Å². The van der Waals surface area contributed by atoms with Crippen LogP contribution in [0.1, 0.15) is 42.1 Å². The summed E-state index contributed by atoms with van der Waals surface area (Å²) in [6.07, 6.45) is 2.65. The predicted molar refractivity (Wildman–Crippen MR) is 123 cm³/mol. The summed E-state index contributed by atoms with van der Waals surface area (Å²) in [5.41, 5.74) is 2.16. The molecule has 7 nitrogen and oxygen atoms in total. The highest BCUT2D eigenvalue weighted by molar-refractivity contribution is 7.89. The van der Waals surface area contributed by atoms with Gasteiger partial charge in [-0.05, 0) is 62.6 Å². The first-order valence-electron chi connectivity index (χ1n) is 10.2. The van der Waals surface area contributed by atoms with Gasteiger partial charge in [-0.25, -0.2) is 13.4 Å². The lowest BCUT2D eigenvalue weighted by atomic mass is 10.1. The molecule has 164 valence electrons. The highest BCUT2D eigenvalue weighted by Crippen LogP contribution is 2.32. The van der Waals surface area contributed by atoms with Gasteiger partial charge in [-0.2, -0.15) is 4.31 Å². The molecule has 1 atom stereocenters. The standard InChI is InChI=1S/C22H25N3O4S2/c1-14-7-9-17-19(12-14)30-22(23-17)24-21(26)16-8-10-18(29-3)20(13-16)31(27,28)25-11-5-4-6-15(25)2/h7-10,12-13,15H,4-6,11H2,1-3H3,(H,23,24,26)/t15-/m1/s1. The summed E-state index contributed by atoms with van der Waals surface area (Å²) in [5, 5.41) is 3.26. The first kappa shape index (κ1) is 21.7. The Balaban J connectivity index is 1.65. The second kappa shape index (κ2) is 8.57. The monoisotopic (exact) mass is 459 g/mol. The topological polar surface area (TPSA) is 88.6 Å². The number of rotatable bonds is 5. The van der Waals surface area contributed by atoms with Crippen molar-refractivity contribution in [2.24, 2.45) is 0 Å². The number of benzene rings is 2. The third-order valence-corrected chi connectivity index (χ3v) is 8.49. The minimum absolute atomic E-state index is 0.0105. The lowest BCUT2D eigenvalue weighted by Crippen LogP contribution is -2.42. The number of sulfonamides is 1. The van der Waals surface area contributed by atoms with Crippen LogP contribution in [-0.4, -0.2) is 43.3 Å². The van der Waals surface area contributed by atoms with Crippen LogP contribution in [0.3, 0.4) is 0 Å². The lowest BCUT2D eigenvalue weighted by molar-refractivity contribution is 0.102. The van der Waals surface area contributed by atoms with E-state index in [1.807, 2.05) is 32.0 Å². The average Bonchev–Trinajstić information content (AvgIpc) is 3.14. The van der Waals surface area contributed by atoms with E-state index in [0.717, 1.165) is 35.0 Å². The molecular formula is C22H25N3O4S2. The van der Waals surface area contributed by atoms with Crippen molar-refractivity contribution in [3.8, 4) is 5.75 Å². The minimum Gasteiger partial charge on any atom is -0.495 e. The number of anilines is 1. The predicted octanol–water partition coefficient (Wildman–Crippen LogP) is 4.43. The molecule has 1 aliphatic heterocycles. The van der Waals surface area contributed by atoms with E-state index in [9.17, 15) is 13.2 Å². The van der Waals surface area contributed by atoms with Gasteiger partial charge in [-0.15, -0.1) is 0 Å². The molecule has 1 amide bonds. The number of thiazole rings is 1. The summed E-state index contributed by atoms with van der Waals surface area (Å²) in [4.78, 5) is 17.3. The second-order valence-electron chi connectivity index (χ2n) is 7.77. The lowest BCUT2D eigenvalue weighted by Gasteiger charge is -2.32. The first-order chi connectivity index (χ1) is 14.8. The van der Waals surface area contributed by atoms with Gasteiger partial charge in [0.1, 0.15) is 10.6 Å². The van der Waals surface area contributed by atoms with Crippen molar-refractivity contribution >= 4 is 42.6 Å². The molecule has 2 aromatic carbocycles. The summed E-state index contributed by atoms with van der Waals surface area (Å²) in [7, 11) is -2.37. The summed E-state index contributed by atoms with van der Waals surface area (Å²) >= 11 is 1.38. The van der Waals surface area contributed by atoms with Gasteiger partial charge in [0, 0.05) is 18.2 Å². The quantitative estimate of drug-likeness (QED) is 0.610. The highest BCUT2D eigenvalue weighted by Gasteiger charge is 2.33. The molecule has 0 radical (unpaired) electrons. The molecule has 31 heavy (non-hydrogen) atoms. The molecule has 4 rings (SSSR count). The normalized spacial score (nSPS) is 17.6. The van der Waals surface area contributed by atoms with Crippen molar-refractivity contribution in [2.45, 2.75) is 44.0 Å². The van der Waals surface area contributed by atoms with Gasteiger partial charge in [0.25, 0.3) is 5.91 Å². The first-order valence-corrected chi connectivity index (χ1v) is 12.4. The summed E-state index contributed by atoms with van der Waals surface area (Å²) in [6, 6.07) is 10.3. The number of piperidine rings is 1. The van der Waals surface area contributed by atoms with Gasteiger partial charge in [0.2, 0.25) is 10.0 Å². The van der Waals surface area contributed by atoms with E-state index in [0.29, 0.717) is 11.7 Å². The number of hydrogen-bond acceptors (Lipinski definition) is 6. The molecule has 1 fully saturated rings. The summed E-state index contributed by atoms with van der Waals surface area (Å²) in [6.45, 7) is 4.38. The fourth-order valence-electron chi connectivity index (χ4n) is 3.83. The largest absolute Gasteiger partial charge is 0.495 e. The number of aryl methyl sites for hydroxylation is 1. The third kappa shape index (κ3) is 4.30. The van der Waals surface area contributed by atoms with Crippen molar-refractivity contribution in [3.05, 3.63) is 47.5 Å². The number of carbonyl (C=O) groups excluding carboxylic acids is 1. The fourth-order valence-corrected chi connectivity index (χ4v) is 6.67. The van der Waals surface area contributed by atoms with Gasteiger partial charge in [0.15, 0.2) is 5.13 Å². The molecule has 1 saturated heterocycles. The molecule has 0 aliphatic carbocycles. The van der Waals surface area contributed by atoms with Crippen molar-refractivity contribution in [2.75, 3.05) is 19.0 Å². The Morgan fingerprint density at radius 1 is 1.23 bits per heavy atom. The van der Waals surface area contributed by atoms with Crippen LogP contribution in [0.15, 0.2) is 41.3 Å². The number of carbonyl (C=O) groups is 1. The zero-order valence-electron chi connectivity index (χ0n) is 17.7. The van der Waals surface area contributed by atoms with E-state index in [2.05, 4.69) is 10.3 Å². The maximum absolute atomic E-state index is 13.4. The van der Waals surface area contributed by atoms with Crippen molar-refractivity contribution in [3.63, 3.8) is 0 Å². The van der Waals surface area contributed by atoms with Crippen molar-refractivity contribution < 1.29 is 17.9 Å². The molecule has 1 N–H and O–H groups in total. The maximum Gasteiger partial charge on any atom is 0.257 e. The number of nitrogens with zero attached hydrogens (tertiary/aromatic N) is 2. The molecule has 3 aromatic rings. The van der Waals surface area contributed by atoms with Gasteiger partial charge in [0.05, 0.1) is 17.3 Å². The Kier molecular flexibility index (Phi) is 6.00. The summed E-state index contributed by atoms with van der Waals surface area (Å²) < 4.78 is 34.5. The fraction of sp³-hybridized carbons (Fsp3) is 0.364. The molecule has 2 heterocycles. The van der Waals surface area contributed by atoms with E-state index >= 15 is 0 Å². The molecule has 9 heteroatoms. The Morgan fingerprint density at radius 3 is 2.77 bits per heavy atom. The van der Waals surface area contributed by atoms with Crippen LogP contribution < -0.4 is 10.1 Å². The van der Waals surface area contributed by atoms with Gasteiger partial charge >= 0.3 is 0 Å². The van der Waals surface area contributed by atoms with E-state index in [1.54, 1.807) is 6.07 Å². The molecule has 0 bridgehead atoms. The van der Waals surface area contributed by atoms with E-state index < -0.39 is 15.9 Å². The van der Waals surface area contributed by atoms with Crippen LogP contribution >= 0.6 is 11.3 Å². The Labute approximate surface area is 186 Å². The zero-order chi connectivity index (χ0) is 22.2. The molecule has 1 aromatic heterocycles. The maximum atomic E-state index is 13.4. The zero-order valence-corrected chi connectivity index (χ0v) is 19.3. The van der Waals surface area contributed by atoms with Crippen molar-refractivity contribution in [1.29, 1.82) is 0 Å². The SMILES string of the molecule is COc1ccc(C(=O)Nc2nc3ccc(C)cc3s2)cc1S(=O)(=O)N1CCCC[C@H]1C. The number of aromatic nitrogens is 1.